The number of hydrogen-bond donors (Lipinski definition) is 1. The number of imidazole rings is 1. The summed E-state index contributed by atoms with van der Waals surface area (Å²) < 4.78 is 68.0. The lowest BCUT2D eigenvalue weighted by molar-refractivity contribution is -0.228. The third kappa shape index (κ3) is 4.97. The number of aromatic nitrogens is 5. The Hall–Kier alpha value is -4.96. The van der Waals surface area contributed by atoms with E-state index in [0.29, 0.717) is 48.7 Å². The number of benzene rings is 1. The van der Waals surface area contributed by atoms with Gasteiger partial charge < -0.3 is 38.1 Å². The van der Waals surface area contributed by atoms with Gasteiger partial charge in [0.1, 0.15) is 34.5 Å². The Morgan fingerprint density at radius 1 is 1.15 bits per heavy atom. The van der Waals surface area contributed by atoms with Crippen LogP contribution in [-0.2, 0) is 27.5 Å². The van der Waals surface area contributed by atoms with Crippen LogP contribution in [0.15, 0.2) is 53.5 Å². The van der Waals surface area contributed by atoms with Crippen LogP contribution in [0.5, 0.6) is 5.88 Å². The van der Waals surface area contributed by atoms with Crippen LogP contribution < -0.4 is 14.5 Å². The number of fused-ring (bicyclic) bond motifs is 3. The van der Waals surface area contributed by atoms with Crippen molar-refractivity contribution in [3.63, 3.8) is 0 Å². The number of ether oxygens (including phenoxy) is 3. The molecular formula is C32H30F3N7O6. The molecule has 250 valence electrons. The zero-order chi connectivity index (χ0) is 33.4. The molecule has 8 rings (SSSR count). The van der Waals surface area contributed by atoms with E-state index in [4.69, 9.17) is 18.6 Å². The Balaban J connectivity index is 1.18. The van der Waals surface area contributed by atoms with Gasteiger partial charge in [-0.1, -0.05) is 12.1 Å². The lowest BCUT2D eigenvalue weighted by Gasteiger charge is -2.53. The summed E-state index contributed by atoms with van der Waals surface area (Å²) in [7, 11) is 1.87. The summed E-state index contributed by atoms with van der Waals surface area (Å²) >= 11 is 0. The van der Waals surface area contributed by atoms with E-state index < -0.39 is 35.7 Å². The molecule has 48 heavy (non-hydrogen) atoms. The van der Waals surface area contributed by atoms with Gasteiger partial charge in [0, 0.05) is 43.4 Å². The molecule has 4 aromatic heterocycles. The fourth-order valence-electron chi connectivity index (χ4n) is 6.75. The van der Waals surface area contributed by atoms with Crippen molar-refractivity contribution in [3.8, 4) is 17.1 Å². The molecule has 3 fully saturated rings. The van der Waals surface area contributed by atoms with E-state index in [1.165, 1.54) is 4.90 Å². The lowest BCUT2D eigenvalue weighted by Crippen LogP contribution is -2.68. The summed E-state index contributed by atoms with van der Waals surface area (Å²) in [5.41, 5.74) is 1.84. The summed E-state index contributed by atoms with van der Waals surface area (Å²) in [5, 5.41) is 10.6. The van der Waals surface area contributed by atoms with Crippen LogP contribution in [0, 0.1) is 0 Å². The van der Waals surface area contributed by atoms with Crippen molar-refractivity contribution in [2.24, 2.45) is 7.05 Å². The minimum absolute atomic E-state index is 0.0372. The van der Waals surface area contributed by atoms with E-state index in [9.17, 15) is 23.1 Å². The minimum Gasteiger partial charge on any atom is -0.480 e. The maximum atomic E-state index is 14.1. The highest BCUT2D eigenvalue weighted by Crippen LogP contribution is 2.42. The maximum Gasteiger partial charge on any atom is 0.451 e. The fourth-order valence-corrected chi connectivity index (χ4v) is 6.75. The van der Waals surface area contributed by atoms with Gasteiger partial charge in [0.25, 0.3) is 0 Å². The fraction of sp³-hybridized carbons (Fsp3) is 0.406. The van der Waals surface area contributed by atoms with E-state index in [2.05, 4.69) is 24.8 Å². The molecule has 3 saturated heterocycles. The first-order valence-electron chi connectivity index (χ1n) is 15.4. The van der Waals surface area contributed by atoms with Crippen LogP contribution in [0.1, 0.15) is 19.2 Å². The number of morpholine rings is 1. The molecule has 0 saturated carbocycles. The van der Waals surface area contributed by atoms with Gasteiger partial charge in [0.05, 0.1) is 44.4 Å². The van der Waals surface area contributed by atoms with Crippen molar-refractivity contribution < 1.29 is 41.7 Å². The van der Waals surface area contributed by atoms with Crippen molar-refractivity contribution in [1.82, 2.24) is 24.5 Å². The Labute approximate surface area is 270 Å². The Morgan fingerprint density at radius 3 is 2.67 bits per heavy atom. The third-order valence-corrected chi connectivity index (χ3v) is 9.34. The van der Waals surface area contributed by atoms with Crippen molar-refractivity contribution in [1.29, 1.82) is 0 Å². The number of carbonyl (C=O) groups is 1. The van der Waals surface area contributed by atoms with Gasteiger partial charge in [-0.3, -0.25) is 0 Å². The molecule has 13 nitrogen and oxygen atoms in total. The number of hydrogen-bond acceptors (Lipinski definition) is 11. The van der Waals surface area contributed by atoms with Gasteiger partial charge >= 0.3 is 12.1 Å². The SMILES string of the molecule is C[C@@H]1N(c2cc(-c3cn(C)cn3)cnc2O[C@H]2C[C@@H](C(=O)O)N(c3nc(C(F)(F)F)nc4c3oc3ccccc34)C2)CCOC12COC2. The summed E-state index contributed by atoms with van der Waals surface area (Å²) in [5.74, 6) is -2.66. The zero-order valence-corrected chi connectivity index (χ0v) is 25.8. The van der Waals surface area contributed by atoms with Crippen molar-refractivity contribution >= 4 is 39.5 Å². The minimum atomic E-state index is -4.89. The first-order chi connectivity index (χ1) is 23.0. The van der Waals surface area contributed by atoms with Crippen LogP contribution in [0.4, 0.5) is 24.7 Å². The number of pyridine rings is 1. The molecule has 16 heteroatoms. The van der Waals surface area contributed by atoms with Gasteiger partial charge in [0.2, 0.25) is 11.7 Å². The largest absolute Gasteiger partial charge is 0.480 e. The highest BCUT2D eigenvalue weighted by molar-refractivity contribution is 6.06. The predicted molar refractivity (Wildman–Crippen MR) is 165 cm³/mol. The first-order valence-corrected chi connectivity index (χ1v) is 15.4. The highest BCUT2D eigenvalue weighted by Gasteiger charge is 2.50. The average Bonchev–Trinajstić information content (AvgIpc) is 3.77. The third-order valence-electron chi connectivity index (χ3n) is 9.34. The molecule has 0 unspecified atom stereocenters. The number of aryl methyl sites for hydroxylation is 1. The standard InChI is InChI=1S/C32H30F3N7O6/c1-17-31(14-45-15-31)46-8-7-41(17)22-9-18(21-13-40(2)16-37-21)11-36-28(22)47-19-10-23(29(43)44)42(12-19)27-26-25(38-30(39-27)32(33,34)35)20-5-3-4-6-24(20)48-26/h3-6,9,11,13,16-17,19,23H,7-8,10,12,14-15H2,1-2H3,(H,43,44)/t17-,19-,23-/m0/s1. The molecule has 0 bridgehead atoms. The topological polar surface area (TPSA) is 141 Å². The summed E-state index contributed by atoms with van der Waals surface area (Å²) in [6.45, 7) is 3.82. The van der Waals surface area contributed by atoms with Crippen molar-refractivity contribution in [3.05, 3.63) is 54.9 Å². The number of para-hydroxylation sites is 1. The normalized spacial score (nSPS) is 22.5. The Morgan fingerprint density at radius 2 is 1.96 bits per heavy atom. The second kappa shape index (κ2) is 11.1. The number of halogens is 3. The zero-order valence-electron chi connectivity index (χ0n) is 25.8. The van der Waals surface area contributed by atoms with Crippen molar-refractivity contribution in [2.45, 2.75) is 43.3 Å². The van der Waals surface area contributed by atoms with Gasteiger partial charge in [0.15, 0.2) is 11.4 Å². The number of furan rings is 1. The number of aliphatic carboxylic acids is 1. The van der Waals surface area contributed by atoms with E-state index >= 15 is 0 Å². The van der Waals surface area contributed by atoms with Crippen LogP contribution in [0.3, 0.4) is 0 Å². The van der Waals surface area contributed by atoms with Crippen LogP contribution >= 0.6 is 0 Å². The van der Waals surface area contributed by atoms with Crippen molar-refractivity contribution in [2.75, 3.05) is 42.7 Å². The van der Waals surface area contributed by atoms with E-state index in [1.807, 2.05) is 30.8 Å². The van der Waals surface area contributed by atoms with Crippen LogP contribution in [-0.4, -0.2) is 92.3 Å². The summed E-state index contributed by atoms with van der Waals surface area (Å²) in [6.07, 6.45) is -0.531. The Bertz CT molecular complexity index is 2040. The van der Waals surface area contributed by atoms with Gasteiger partial charge in [-0.05, 0) is 25.1 Å². The molecule has 0 radical (unpaired) electrons. The number of nitrogens with zero attached hydrogens (tertiary/aromatic N) is 7. The first kappa shape index (κ1) is 30.4. The Kier molecular flexibility index (Phi) is 6.99. The molecule has 3 aliphatic rings. The predicted octanol–water partition coefficient (Wildman–Crippen LogP) is 4.30. The average molecular weight is 666 g/mol. The quantitative estimate of drug-likeness (QED) is 0.277. The smallest absolute Gasteiger partial charge is 0.451 e. The number of anilines is 2. The van der Waals surface area contributed by atoms with Crippen LogP contribution in [0.2, 0.25) is 0 Å². The molecule has 7 heterocycles. The van der Waals surface area contributed by atoms with E-state index in [1.54, 1.807) is 36.8 Å². The number of carboxylic acids is 1. The molecule has 3 aliphatic heterocycles. The molecule has 1 aromatic carbocycles. The summed E-state index contributed by atoms with van der Waals surface area (Å²) in [6, 6.07) is 7.09. The van der Waals surface area contributed by atoms with E-state index in [0.717, 1.165) is 5.56 Å². The molecule has 1 N–H and O–H groups in total. The van der Waals surface area contributed by atoms with E-state index in [-0.39, 0.29) is 41.8 Å². The van der Waals surface area contributed by atoms with Gasteiger partial charge in [-0.2, -0.15) is 13.2 Å². The van der Waals surface area contributed by atoms with Crippen LogP contribution in [0.25, 0.3) is 33.3 Å². The molecule has 1 spiro atoms. The molecular weight excluding hydrogens is 635 g/mol. The van der Waals surface area contributed by atoms with Gasteiger partial charge in [-0.25, -0.2) is 24.7 Å². The molecule has 3 atom stereocenters. The van der Waals surface area contributed by atoms with Gasteiger partial charge in [-0.15, -0.1) is 0 Å². The molecule has 0 amide bonds. The maximum absolute atomic E-state index is 14.1. The second-order valence-electron chi connectivity index (χ2n) is 12.4. The summed E-state index contributed by atoms with van der Waals surface area (Å²) in [4.78, 5) is 32.8. The molecule has 0 aliphatic carbocycles. The number of rotatable bonds is 6. The lowest BCUT2D eigenvalue weighted by atomic mass is 9.90. The molecule has 5 aromatic rings. The number of alkyl halides is 3. The second-order valence-corrected chi connectivity index (χ2v) is 12.4. The highest BCUT2D eigenvalue weighted by atomic mass is 19.4. The monoisotopic (exact) mass is 665 g/mol. The number of carboxylic acid groups (broad SMARTS) is 1.